The highest BCUT2D eigenvalue weighted by atomic mass is 16.4. The fraction of sp³-hybridized carbons (Fsp3) is 0.375. The summed E-state index contributed by atoms with van der Waals surface area (Å²) in [4.78, 5) is 18.0. The molecule has 0 bridgehead atoms. The molecular formula is C16H18N2O2. The maximum absolute atomic E-state index is 11.5. The molecule has 1 aromatic carbocycles. The first-order valence-corrected chi connectivity index (χ1v) is 7.13. The molecule has 1 fully saturated rings. The van der Waals surface area contributed by atoms with Crippen molar-refractivity contribution >= 4 is 22.6 Å². The first-order chi connectivity index (χ1) is 9.77. The maximum Gasteiger partial charge on any atom is 0.339 e. The van der Waals surface area contributed by atoms with Crippen LogP contribution in [0.15, 0.2) is 30.5 Å². The summed E-state index contributed by atoms with van der Waals surface area (Å²) in [5.74, 6) is -0.900. The van der Waals surface area contributed by atoms with E-state index in [1.807, 2.05) is 24.3 Å². The standard InChI is InChI=1S/C16H18N2O2/c19-16(20)13-11-17-14-8-4-3-7-12(14)15(13)18-9-5-1-2-6-10-18/h3-4,7-8,11H,1-2,5-6,9-10H2,(H,19,20). The molecule has 1 N–H and O–H groups in total. The third-order valence-electron chi connectivity index (χ3n) is 3.90. The molecule has 0 spiro atoms. The molecule has 4 nitrogen and oxygen atoms in total. The van der Waals surface area contributed by atoms with E-state index in [1.54, 1.807) is 0 Å². The lowest BCUT2D eigenvalue weighted by atomic mass is 10.1. The lowest BCUT2D eigenvalue weighted by Crippen LogP contribution is -2.26. The van der Waals surface area contributed by atoms with Gasteiger partial charge in [0.1, 0.15) is 5.56 Å². The van der Waals surface area contributed by atoms with Gasteiger partial charge in [0, 0.05) is 24.7 Å². The Kier molecular flexibility index (Phi) is 3.54. The van der Waals surface area contributed by atoms with Crippen molar-refractivity contribution in [2.45, 2.75) is 25.7 Å². The average molecular weight is 270 g/mol. The fourth-order valence-corrected chi connectivity index (χ4v) is 2.92. The lowest BCUT2D eigenvalue weighted by molar-refractivity contribution is 0.0697. The zero-order valence-electron chi connectivity index (χ0n) is 11.4. The van der Waals surface area contributed by atoms with Crippen molar-refractivity contribution in [3.63, 3.8) is 0 Å². The summed E-state index contributed by atoms with van der Waals surface area (Å²) >= 11 is 0. The summed E-state index contributed by atoms with van der Waals surface area (Å²) in [6.45, 7) is 1.85. The molecule has 0 atom stereocenters. The minimum atomic E-state index is -0.900. The average Bonchev–Trinajstić information content (AvgIpc) is 2.74. The van der Waals surface area contributed by atoms with E-state index in [0.717, 1.165) is 42.5 Å². The van der Waals surface area contributed by atoms with Crippen LogP contribution < -0.4 is 4.90 Å². The molecule has 4 heteroatoms. The second-order valence-corrected chi connectivity index (χ2v) is 5.24. The molecule has 1 aromatic heterocycles. The number of benzene rings is 1. The van der Waals surface area contributed by atoms with Crippen LogP contribution >= 0.6 is 0 Å². The summed E-state index contributed by atoms with van der Waals surface area (Å²) in [5, 5.41) is 10.4. The van der Waals surface area contributed by atoms with Gasteiger partial charge in [-0.2, -0.15) is 0 Å². The Hall–Kier alpha value is -2.10. The van der Waals surface area contributed by atoms with Gasteiger partial charge in [0.25, 0.3) is 0 Å². The molecule has 2 aromatic rings. The largest absolute Gasteiger partial charge is 0.478 e. The number of carboxylic acid groups (broad SMARTS) is 1. The number of hydrogen-bond acceptors (Lipinski definition) is 3. The highest BCUT2D eigenvalue weighted by Gasteiger charge is 2.20. The van der Waals surface area contributed by atoms with Gasteiger partial charge in [0.15, 0.2) is 0 Å². The number of pyridine rings is 1. The van der Waals surface area contributed by atoms with Gasteiger partial charge >= 0.3 is 5.97 Å². The molecule has 0 amide bonds. The minimum absolute atomic E-state index is 0.311. The van der Waals surface area contributed by atoms with Crippen molar-refractivity contribution in [2.24, 2.45) is 0 Å². The van der Waals surface area contributed by atoms with Crippen molar-refractivity contribution in [2.75, 3.05) is 18.0 Å². The van der Waals surface area contributed by atoms with Crippen molar-refractivity contribution in [1.82, 2.24) is 4.98 Å². The molecular weight excluding hydrogens is 252 g/mol. The van der Waals surface area contributed by atoms with Crippen LogP contribution in [0.3, 0.4) is 0 Å². The van der Waals surface area contributed by atoms with E-state index >= 15 is 0 Å². The Morgan fingerprint density at radius 2 is 1.80 bits per heavy atom. The molecule has 1 aliphatic rings. The number of anilines is 1. The van der Waals surface area contributed by atoms with Gasteiger partial charge in [-0.25, -0.2) is 4.79 Å². The Bertz CT molecular complexity index is 631. The minimum Gasteiger partial charge on any atom is -0.478 e. The number of para-hydroxylation sites is 1. The van der Waals surface area contributed by atoms with E-state index in [2.05, 4.69) is 9.88 Å². The van der Waals surface area contributed by atoms with Crippen LogP contribution in [0.25, 0.3) is 10.9 Å². The second-order valence-electron chi connectivity index (χ2n) is 5.24. The summed E-state index contributed by atoms with van der Waals surface area (Å²) in [7, 11) is 0. The summed E-state index contributed by atoms with van der Waals surface area (Å²) in [5.41, 5.74) is 2.01. The number of aromatic nitrogens is 1. The van der Waals surface area contributed by atoms with Gasteiger partial charge in [0.2, 0.25) is 0 Å². The van der Waals surface area contributed by atoms with E-state index in [1.165, 1.54) is 19.0 Å². The number of carbonyl (C=O) groups is 1. The number of hydrogen-bond donors (Lipinski definition) is 1. The second kappa shape index (κ2) is 5.49. The Morgan fingerprint density at radius 1 is 1.10 bits per heavy atom. The van der Waals surface area contributed by atoms with E-state index in [4.69, 9.17) is 0 Å². The van der Waals surface area contributed by atoms with Crippen LogP contribution in [0.1, 0.15) is 36.0 Å². The van der Waals surface area contributed by atoms with Gasteiger partial charge in [-0.1, -0.05) is 31.0 Å². The third-order valence-corrected chi connectivity index (χ3v) is 3.90. The van der Waals surface area contributed by atoms with Crippen LogP contribution in [0.2, 0.25) is 0 Å². The zero-order chi connectivity index (χ0) is 13.9. The smallest absolute Gasteiger partial charge is 0.339 e. The predicted molar refractivity (Wildman–Crippen MR) is 79.4 cm³/mol. The van der Waals surface area contributed by atoms with Crippen LogP contribution in [0.4, 0.5) is 5.69 Å². The highest BCUT2D eigenvalue weighted by Crippen LogP contribution is 2.31. The van der Waals surface area contributed by atoms with Crippen molar-refractivity contribution in [1.29, 1.82) is 0 Å². The number of nitrogens with zero attached hydrogens (tertiary/aromatic N) is 2. The SMILES string of the molecule is O=C(O)c1cnc2ccccc2c1N1CCCCCC1. The Morgan fingerprint density at radius 3 is 2.50 bits per heavy atom. The topological polar surface area (TPSA) is 53.4 Å². The molecule has 3 rings (SSSR count). The zero-order valence-corrected chi connectivity index (χ0v) is 11.4. The van der Waals surface area contributed by atoms with E-state index < -0.39 is 5.97 Å². The molecule has 1 saturated heterocycles. The predicted octanol–water partition coefficient (Wildman–Crippen LogP) is 3.31. The third kappa shape index (κ3) is 2.33. The molecule has 2 heterocycles. The fourth-order valence-electron chi connectivity index (χ4n) is 2.92. The first-order valence-electron chi connectivity index (χ1n) is 7.13. The van der Waals surface area contributed by atoms with E-state index in [-0.39, 0.29) is 0 Å². The highest BCUT2D eigenvalue weighted by molar-refractivity contribution is 6.04. The summed E-state index contributed by atoms with van der Waals surface area (Å²) in [6, 6.07) is 7.77. The molecule has 1 aliphatic heterocycles. The number of rotatable bonds is 2. The first kappa shape index (κ1) is 12.9. The van der Waals surface area contributed by atoms with Crippen molar-refractivity contribution < 1.29 is 9.90 Å². The van der Waals surface area contributed by atoms with Gasteiger partial charge in [-0.05, 0) is 18.9 Å². The molecule has 20 heavy (non-hydrogen) atoms. The van der Waals surface area contributed by atoms with Gasteiger partial charge in [-0.3, -0.25) is 4.98 Å². The summed E-state index contributed by atoms with van der Waals surface area (Å²) < 4.78 is 0. The molecule has 0 radical (unpaired) electrons. The monoisotopic (exact) mass is 270 g/mol. The lowest BCUT2D eigenvalue weighted by Gasteiger charge is -2.25. The molecule has 0 unspecified atom stereocenters. The Labute approximate surface area is 118 Å². The quantitative estimate of drug-likeness (QED) is 0.909. The molecule has 0 aliphatic carbocycles. The van der Waals surface area contributed by atoms with Crippen molar-refractivity contribution in [3.05, 3.63) is 36.0 Å². The van der Waals surface area contributed by atoms with Gasteiger partial charge in [-0.15, -0.1) is 0 Å². The van der Waals surface area contributed by atoms with Gasteiger partial charge in [0.05, 0.1) is 11.2 Å². The number of carboxylic acids is 1. The molecule has 104 valence electrons. The number of fused-ring (bicyclic) bond motifs is 1. The summed E-state index contributed by atoms with van der Waals surface area (Å²) in [6.07, 6.45) is 6.18. The maximum atomic E-state index is 11.5. The van der Waals surface area contributed by atoms with Gasteiger partial charge < -0.3 is 10.0 Å². The molecule has 0 saturated carbocycles. The van der Waals surface area contributed by atoms with Crippen molar-refractivity contribution in [3.8, 4) is 0 Å². The normalized spacial score (nSPS) is 16.1. The Balaban J connectivity index is 2.18. The van der Waals surface area contributed by atoms with E-state index in [0.29, 0.717) is 5.56 Å². The van der Waals surface area contributed by atoms with Crippen LogP contribution in [0.5, 0.6) is 0 Å². The van der Waals surface area contributed by atoms with E-state index in [9.17, 15) is 9.90 Å². The van der Waals surface area contributed by atoms with Crippen LogP contribution in [0, 0.1) is 0 Å². The van der Waals surface area contributed by atoms with Crippen LogP contribution in [-0.4, -0.2) is 29.1 Å². The van der Waals surface area contributed by atoms with Crippen LogP contribution in [-0.2, 0) is 0 Å². The number of aromatic carboxylic acids is 1.